The Morgan fingerprint density at radius 3 is 2.75 bits per heavy atom. The van der Waals surface area contributed by atoms with E-state index >= 15 is 0 Å². The van der Waals surface area contributed by atoms with Crippen LogP contribution in [0.5, 0.6) is 5.75 Å². The van der Waals surface area contributed by atoms with Crippen LogP contribution < -0.4 is 10.2 Å². The van der Waals surface area contributed by atoms with Crippen LogP contribution in [0.3, 0.4) is 0 Å². The lowest BCUT2D eigenvalue weighted by molar-refractivity contribution is 0.0950. The van der Waals surface area contributed by atoms with Crippen LogP contribution in [0, 0.1) is 0 Å². The zero-order valence-corrected chi connectivity index (χ0v) is 13.1. The molecule has 0 radical (unpaired) electrons. The average Bonchev–Trinajstić information content (AvgIpc) is 3.11. The van der Waals surface area contributed by atoms with Crippen molar-refractivity contribution in [2.75, 3.05) is 7.11 Å². The molecule has 3 rings (SSSR count). The van der Waals surface area contributed by atoms with Gasteiger partial charge in [0, 0.05) is 29.8 Å². The van der Waals surface area contributed by atoms with E-state index < -0.39 is 0 Å². The van der Waals surface area contributed by atoms with Gasteiger partial charge in [-0.15, -0.1) is 0 Å². The monoisotopic (exact) mass is 320 g/mol. The third-order valence-corrected chi connectivity index (χ3v) is 3.36. The van der Waals surface area contributed by atoms with Gasteiger partial charge in [-0.2, -0.15) is 5.10 Å². The number of nitrogens with zero attached hydrogens (tertiary/aromatic N) is 3. The number of aromatic nitrogens is 2. The molecule has 6 nitrogen and oxygen atoms in total. The van der Waals surface area contributed by atoms with Crippen LogP contribution >= 0.6 is 0 Å². The summed E-state index contributed by atoms with van der Waals surface area (Å²) >= 11 is 0. The number of methoxy groups -OCH3 is 1. The predicted octanol–water partition coefficient (Wildman–Crippen LogP) is 2.64. The second kappa shape index (κ2) is 7.23. The molecule has 0 saturated heterocycles. The van der Waals surface area contributed by atoms with Gasteiger partial charge in [0.15, 0.2) is 0 Å². The fourth-order valence-corrected chi connectivity index (χ4v) is 2.12. The van der Waals surface area contributed by atoms with E-state index in [4.69, 9.17) is 4.74 Å². The zero-order valence-electron chi connectivity index (χ0n) is 13.1. The minimum absolute atomic E-state index is 0.324. The number of rotatable bonds is 5. The number of amides is 1. The van der Waals surface area contributed by atoms with Crippen LogP contribution in [0.2, 0.25) is 0 Å². The molecule has 2 heterocycles. The van der Waals surface area contributed by atoms with E-state index in [0.717, 1.165) is 17.0 Å². The molecule has 1 amide bonds. The zero-order chi connectivity index (χ0) is 16.8. The summed E-state index contributed by atoms with van der Waals surface area (Å²) in [6.07, 6.45) is 6.98. The first-order valence-electron chi connectivity index (χ1n) is 7.33. The fourth-order valence-electron chi connectivity index (χ4n) is 2.12. The molecule has 120 valence electrons. The SMILES string of the molecule is COc1ccc(-n2ccc(/C=N\NC(=O)c3ccccn3)c2)cc1. The molecular formula is C18H16N4O2. The van der Waals surface area contributed by atoms with Crippen molar-refractivity contribution in [1.82, 2.24) is 15.0 Å². The molecule has 2 aromatic heterocycles. The highest BCUT2D eigenvalue weighted by molar-refractivity contribution is 5.93. The number of carbonyl (C=O) groups is 1. The molecule has 24 heavy (non-hydrogen) atoms. The van der Waals surface area contributed by atoms with E-state index in [1.165, 1.54) is 0 Å². The second-order valence-electron chi connectivity index (χ2n) is 4.96. The average molecular weight is 320 g/mol. The third-order valence-electron chi connectivity index (χ3n) is 3.36. The van der Waals surface area contributed by atoms with Crippen LogP contribution in [0.4, 0.5) is 0 Å². The van der Waals surface area contributed by atoms with E-state index in [-0.39, 0.29) is 5.91 Å². The maximum absolute atomic E-state index is 11.8. The first-order valence-corrected chi connectivity index (χ1v) is 7.33. The highest BCUT2D eigenvalue weighted by Crippen LogP contribution is 2.15. The van der Waals surface area contributed by atoms with Gasteiger partial charge in [-0.3, -0.25) is 9.78 Å². The summed E-state index contributed by atoms with van der Waals surface area (Å²) in [5.74, 6) is 0.464. The number of nitrogens with one attached hydrogen (secondary N) is 1. The normalized spacial score (nSPS) is 10.7. The fraction of sp³-hybridized carbons (Fsp3) is 0.0556. The van der Waals surface area contributed by atoms with Gasteiger partial charge in [-0.25, -0.2) is 5.43 Å². The van der Waals surface area contributed by atoms with Gasteiger partial charge in [0.2, 0.25) is 0 Å². The molecule has 3 aromatic rings. The molecule has 0 aliphatic carbocycles. The second-order valence-corrected chi connectivity index (χ2v) is 4.96. The van der Waals surface area contributed by atoms with E-state index in [1.807, 2.05) is 47.3 Å². The quantitative estimate of drug-likeness (QED) is 0.580. The first kappa shape index (κ1) is 15.5. The number of benzene rings is 1. The standard InChI is InChI=1S/C18H16N4O2/c1-24-16-7-5-15(6-8-16)22-11-9-14(13-22)12-20-21-18(23)17-4-2-3-10-19-17/h2-13H,1H3,(H,21,23)/b20-12-. The van der Waals surface area contributed by atoms with Crippen LogP contribution in [-0.2, 0) is 0 Å². The Kier molecular flexibility index (Phi) is 4.67. The lowest BCUT2D eigenvalue weighted by Gasteiger charge is -2.04. The molecule has 0 fully saturated rings. The molecule has 0 bridgehead atoms. The lowest BCUT2D eigenvalue weighted by atomic mass is 10.3. The Hall–Kier alpha value is -3.41. The molecular weight excluding hydrogens is 304 g/mol. The maximum atomic E-state index is 11.8. The van der Waals surface area contributed by atoms with Crippen LogP contribution in [0.1, 0.15) is 16.1 Å². The maximum Gasteiger partial charge on any atom is 0.289 e. The molecule has 0 saturated carbocycles. The van der Waals surface area contributed by atoms with Gasteiger partial charge in [0.25, 0.3) is 5.91 Å². The summed E-state index contributed by atoms with van der Waals surface area (Å²) in [6.45, 7) is 0. The minimum atomic E-state index is -0.346. The van der Waals surface area contributed by atoms with E-state index in [0.29, 0.717) is 5.69 Å². The van der Waals surface area contributed by atoms with Crippen molar-refractivity contribution < 1.29 is 9.53 Å². The molecule has 6 heteroatoms. The number of hydrazone groups is 1. The summed E-state index contributed by atoms with van der Waals surface area (Å²) in [4.78, 5) is 15.8. The lowest BCUT2D eigenvalue weighted by Crippen LogP contribution is -2.18. The van der Waals surface area contributed by atoms with Gasteiger partial charge in [0.05, 0.1) is 13.3 Å². The Morgan fingerprint density at radius 2 is 2.04 bits per heavy atom. The van der Waals surface area contributed by atoms with Gasteiger partial charge >= 0.3 is 0 Å². The Morgan fingerprint density at radius 1 is 1.21 bits per heavy atom. The molecule has 1 N–H and O–H groups in total. The number of hydrogen-bond acceptors (Lipinski definition) is 4. The van der Waals surface area contributed by atoms with Crippen LogP contribution in [-0.4, -0.2) is 28.8 Å². The Bertz CT molecular complexity index is 839. The smallest absolute Gasteiger partial charge is 0.289 e. The molecule has 0 aliphatic heterocycles. The van der Waals surface area contributed by atoms with Crippen LogP contribution in [0.15, 0.2) is 72.2 Å². The van der Waals surface area contributed by atoms with E-state index in [9.17, 15) is 4.79 Å². The topological polar surface area (TPSA) is 68.5 Å². The number of pyridine rings is 1. The van der Waals surface area contributed by atoms with Crippen molar-refractivity contribution in [3.05, 3.63) is 78.4 Å². The van der Waals surface area contributed by atoms with Gasteiger partial charge in [-0.1, -0.05) is 6.07 Å². The van der Waals surface area contributed by atoms with Crippen molar-refractivity contribution in [2.45, 2.75) is 0 Å². The van der Waals surface area contributed by atoms with Crippen molar-refractivity contribution in [2.24, 2.45) is 5.10 Å². The number of carbonyl (C=O) groups excluding carboxylic acids is 1. The summed E-state index contributed by atoms with van der Waals surface area (Å²) in [5.41, 5.74) is 4.65. The predicted molar refractivity (Wildman–Crippen MR) is 91.6 cm³/mol. The van der Waals surface area contributed by atoms with Crippen LogP contribution in [0.25, 0.3) is 5.69 Å². The van der Waals surface area contributed by atoms with Crippen molar-refractivity contribution in [3.8, 4) is 11.4 Å². The number of ether oxygens (including phenoxy) is 1. The van der Waals surface area contributed by atoms with Gasteiger partial charge in [-0.05, 0) is 42.5 Å². The Balaban J connectivity index is 1.64. The summed E-state index contributed by atoms with van der Waals surface area (Å²) in [7, 11) is 1.64. The molecule has 0 unspecified atom stereocenters. The highest BCUT2D eigenvalue weighted by atomic mass is 16.5. The van der Waals surface area contributed by atoms with E-state index in [2.05, 4.69) is 15.5 Å². The van der Waals surface area contributed by atoms with Gasteiger partial charge in [0.1, 0.15) is 11.4 Å². The first-order chi connectivity index (χ1) is 11.8. The molecule has 1 aromatic carbocycles. The summed E-state index contributed by atoms with van der Waals surface area (Å²) < 4.78 is 7.11. The molecule has 0 spiro atoms. The molecule has 0 atom stereocenters. The van der Waals surface area contributed by atoms with Crippen molar-refractivity contribution in [3.63, 3.8) is 0 Å². The summed E-state index contributed by atoms with van der Waals surface area (Å²) in [5, 5.41) is 3.95. The van der Waals surface area contributed by atoms with Gasteiger partial charge < -0.3 is 9.30 Å². The Labute approximate surface area is 139 Å². The van der Waals surface area contributed by atoms with Crippen molar-refractivity contribution in [1.29, 1.82) is 0 Å². The van der Waals surface area contributed by atoms with E-state index in [1.54, 1.807) is 37.7 Å². The third kappa shape index (κ3) is 3.67. The molecule has 0 aliphatic rings. The van der Waals surface area contributed by atoms with Crippen molar-refractivity contribution >= 4 is 12.1 Å². The largest absolute Gasteiger partial charge is 0.497 e. The summed E-state index contributed by atoms with van der Waals surface area (Å²) in [6, 6.07) is 14.8. The number of hydrogen-bond donors (Lipinski definition) is 1. The minimum Gasteiger partial charge on any atom is -0.497 e. The highest BCUT2D eigenvalue weighted by Gasteiger charge is 2.03.